The SMILES string of the molecule is COc1cc(C(C)CC(=O)O)c(OC)cc1C(C)C. The van der Waals surface area contributed by atoms with E-state index >= 15 is 0 Å². The zero-order valence-corrected chi connectivity index (χ0v) is 12.2. The van der Waals surface area contributed by atoms with Gasteiger partial charge in [-0.25, -0.2) is 0 Å². The molecule has 0 aliphatic heterocycles. The second-order valence-electron chi connectivity index (χ2n) is 4.99. The van der Waals surface area contributed by atoms with Gasteiger partial charge in [0, 0.05) is 11.1 Å². The smallest absolute Gasteiger partial charge is 0.303 e. The van der Waals surface area contributed by atoms with Crippen molar-refractivity contribution < 1.29 is 19.4 Å². The van der Waals surface area contributed by atoms with Crippen LogP contribution in [0.5, 0.6) is 11.5 Å². The number of carbonyl (C=O) groups is 1. The molecule has 1 rings (SSSR count). The molecule has 1 unspecified atom stereocenters. The highest BCUT2D eigenvalue weighted by Crippen LogP contribution is 2.37. The zero-order valence-electron chi connectivity index (χ0n) is 12.2. The number of ether oxygens (including phenoxy) is 2. The van der Waals surface area contributed by atoms with Gasteiger partial charge in [-0.05, 0) is 24.0 Å². The first-order chi connectivity index (χ1) is 8.90. The molecule has 0 saturated carbocycles. The Bertz CT molecular complexity index is 452. The summed E-state index contributed by atoms with van der Waals surface area (Å²) in [7, 11) is 3.22. The number of methoxy groups -OCH3 is 2. The van der Waals surface area contributed by atoms with Crippen LogP contribution < -0.4 is 9.47 Å². The van der Waals surface area contributed by atoms with Crippen LogP contribution in [0.25, 0.3) is 0 Å². The van der Waals surface area contributed by atoms with Gasteiger partial charge in [0.05, 0.1) is 20.6 Å². The van der Waals surface area contributed by atoms with Gasteiger partial charge in [-0.15, -0.1) is 0 Å². The van der Waals surface area contributed by atoms with Gasteiger partial charge in [0.15, 0.2) is 0 Å². The Morgan fingerprint density at radius 1 is 1.11 bits per heavy atom. The lowest BCUT2D eigenvalue weighted by atomic mass is 9.92. The Hall–Kier alpha value is -1.71. The fourth-order valence-corrected chi connectivity index (χ4v) is 2.15. The summed E-state index contributed by atoms with van der Waals surface area (Å²) in [5.41, 5.74) is 1.93. The first kappa shape index (κ1) is 15.3. The van der Waals surface area contributed by atoms with E-state index in [0.29, 0.717) is 5.92 Å². The maximum Gasteiger partial charge on any atom is 0.303 e. The maximum absolute atomic E-state index is 10.8. The van der Waals surface area contributed by atoms with Gasteiger partial charge >= 0.3 is 5.97 Å². The van der Waals surface area contributed by atoms with E-state index in [9.17, 15) is 4.79 Å². The van der Waals surface area contributed by atoms with Crippen LogP contribution in [-0.2, 0) is 4.79 Å². The van der Waals surface area contributed by atoms with E-state index in [1.54, 1.807) is 14.2 Å². The van der Waals surface area contributed by atoms with Crippen molar-refractivity contribution in [3.05, 3.63) is 23.3 Å². The molecule has 0 aliphatic carbocycles. The van der Waals surface area contributed by atoms with Crippen LogP contribution in [0.1, 0.15) is 50.2 Å². The lowest BCUT2D eigenvalue weighted by molar-refractivity contribution is -0.137. The third kappa shape index (κ3) is 3.63. The summed E-state index contributed by atoms with van der Waals surface area (Å²) >= 11 is 0. The predicted molar refractivity (Wildman–Crippen MR) is 74.3 cm³/mol. The molecule has 0 radical (unpaired) electrons. The van der Waals surface area contributed by atoms with Crippen LogP contribution in [0.4, 0.5) is 0 Å². The van der Waals surface area contributed by atoms with Crippen LogP contribution in [0.2, 0.25) is 0 Å². The standard InChI is InChI=1S/C15H22O4/c1-9(2)11-7-14(19-5)12(8-13(11)18-4)10(3)6-15(16)17/h7-10H,6H2,1-5H3,(H,16,17). The average Bonchev–Trinajstić information content (AvgIpc) is 2.35. The molecular formula is C15H22O4. The van der Waals surface area contributed by atoms with E-state index in [-0.39, 0.29) is 12.3 Å². The molecular weight excluding hydrogens is 244 g/mol. The minimum absolute atomic E-state index is 0.0700. The first-order valence-electron chi connectivity index (χ1n) is 6.38. The number of carboxylic acid groups (broad SMARTS) is 1. The second-order valence-corrected chi connectivity index (χ2v) is 4.99. The fourth-order valence-electron chi connectivity index (χ4n) is 2.15. The summed E-state index contributed by atoms with van der Waals surface area (Å²) in [6.45, 7) is 6.04. The molecule has 1 atom stereocenters. The van der Waals surface area contributed by atoms with Gasteiger partial charge in [-0.3, -0.25) is 4.79 Å². The maximum atomic E-state index is 10.8. The van der Waals surface area contributed by atoms with Gasteiger partial charge in [0.25, 0.3) is 0 Å². The molecule has 0 aliphatic rings. The minimum Gasteiger partial charge on any atom is -0.496 e. The number of hydrogen-bond acceptors (Lipinski definition) is 3. The monoisotopic (exact) mass is 266 g/mol. The van der Waals surface area contributed by atoms with E-state index in [1.807, 2.05) is 19.1 Å². The number of rotatable bonds is 6. The van der Waals surface area contributed by atoms with E-state index in [1.165, 1.54) is 0 Å². The van der Waals surface area contributed by atoms with Crippen molar-refractivity contribution in [2.24, 2.45) is 0 Å². The molecule has 0 spiro atoms. The molecule has 106 valence electrons. The molecule has 19 heavy (non-hydrogen) atoms. The second kappa shape index (κ2) is 6.45. The Morgan fingerprint density at radius 2 is 1.58 bits per heavy atom. The lowest BCUT2D eigenvalue weighted by Gasteiger charge is -2.19. The number of carboxylic acids is 1. The summed E-state index contributed by atoms with van der Waals surface area (Å²) < 4.78 is 10.8. The summed E-state index contributed by atoms with van der Waals surface area (Å²) in [6.07, 6.45) is 0.0700. The van der Waals surface area contributed by atoms with Crippen LogP contribution >= 0.6 is 0 Å². The van der Waals surface area contributed by atoms with Gasteiger partial charge in [-0.2, -0.15) is 0 Å². The molecule has 1 N–H and O–H groups in total. The van der Waals surface area contributed by atoms with Gasteiger partial charge in [0.2, 0.25) is 0 Å². The quantitative estimate of drug-likeness (QED) is 0.857. The van der Waals surface area contributed by atoms with Crippen molar-refractivity contribution in [1.82, 2.24) is 0 Å². The van der Waals surface area contributed by atoms with Gasteiger partial charge in [0.1, 0.15) is 11.5 Å². The molecule has 0 aromatic heterocycles. The molecule has 0 bridgehead atoms. The summed E-state index contributed by atoms with van der Waals surface area (Å²) in [4.78, 5) is 10.8. The Balaban J connectivity index is 3.27. The highest BCUT2D eigenvalue weighted by molar-refractivity contribution is 5.68. The summed E-state index contributed by atoms with van der Waals surface area (Å²) in [5.74, 6) is 0.873. The molecule has 1 aromatic rings. The number of benzene rings is 1. The fraction of sp³-hybridized carbons (Fsp3) is 0.533. The van der Waals surface area contributed by atoms with Crippen LogP contribution in [0.3, 0.4) is 0 Å². The summed E-state index contributed by atoms with van der Waals surface area (Å²) in [5, 5.41) is 8.91. The normalized spacial score (nSPS) is 12.3. The molecule has 0 heterocycles. The van der Waals surface area contributed by atoms with Crippen molar-refractivity contribution in [3.8, 4) is 11.5 Å². The highest BCUT2D eigenvalue weighted by Gasteiger charge is 2.19. The first-order valence-corrected chi connectivity index (χ1v) is 6.38. The molecule has 4 nitrogen and oxygen atoms in total. The molecule has 0 fully saturated rings. The van der Waals surface area contributed by atoms with Crippen LogP contribution in [0.15, 0.2) is 12.1 Å². The molecule has 0 saturated heterocycles. The van der Waals surface area contributed by atoms with Gasteiger partial charge < -0.3 is 14.6 Å². The lowest BCUT2D eigenvalue weighted by Crippen LogP contribution is -2.06. The van der Waals surface area contributed by atoms with E-state index in [0.717, 1.165) is 22.6 Å². The average molecular weight is 266 g/mol. The van der Waals surface area contributed by atoms with Crippen molar-refractivity contribution in [2.45, 2.75) is 39.0 Å². The summed E-state index contributed by atoms with van der Waals surface area (Å²) in [6, 6.07) is 3.83. The highest BCUT2D eigenvalue weighted by atomic mass is 16.5. The van der Waals surface area contributed by atoms with E-state index < -0.39 is 5.97 Å². The Morgan fingerprint density at radius 3 is 2.00 bits per heavy atom. The van der Waals surface area contributed by atoms with E-state index in [4.69, 9.17) is 14.6 Å². The van der Waals surface area contributed by atoms with Crippen molar-refractivity contribution in [2.75, 3.05) is 14.2 Å². The molecule has 4 heteroatoms. The predicted octanol–water partition coefficient (Wildman–Crippen LogP) is 3.41. The van der Waals surface area contributed by atoms with Crippen molar-refractivity contribution >= 4 is 5.97 Å². The van der Waals surface area contributed by atoms with Crippen molar-refractivity contribution in [3.63, 3.8) is 0 Å². The molecule has 0 amide bonds. The van der Waals surface area contributed by atoms with Gasteiger partial charge in [-0.1, -0.05) is 20.8 Å². The van der Waals surface area contributed by atoms with Crippen LogP contribution in [-0.4, -0.2) is 25.3 Å². The van der Waals surface area contributed by atoms with Crippen molar-refractivity contribution in [1.29, 1.82) is 0 Å². The number of hydrogen-bond donors (Lipinski definition) is 1. The third-order valence-electron chi connectivity index (χ3n) is 3.22. The third-order valence-corrected chi connectivity index (χ3v) is 3.22. The molecule has 1 aromatic carbocycles. The largest absolute Gasteiger partial charge is 0.496 e. The Labute approximate surface area is 114 Å². The van der Waals surface area contributed by atoms with Crippen LogP contribution in [0, 0.1) is 0 Å². The van der Waals surface area contributed by atoms with E-state index in [2.05, 4.69) is 13.8 Å². The zero-order chi connectivity index (χ0) is 14.6. The number of aliphatic carboxylic acids is 1. The minimum atomic E-state index is -0.818. The topological polar surface area (TPSA) is 55.8 Å². The Kier molecular flexibility index (Phi) is 5.21.